The summed E-state index contributed by atoms with van der Waals surface area (Å²) in [5, 5.41) is 64.8. The fraction of sp³-hybridized carbons (Fsp3) is 0.467. The number of benzene rings is 2. The molecule has 0 aromatic heterocycles. The van der Waals surface area contributed by atoms with Crippen LogP contribution in [0.25, 0.3) is 0 Å². The highest BCUT2D eigenvalue weighted by Crippen LogP contribution is 2.12. The summed E-state index contributed by atoms with van der Waals surface area (Å²) in [6.07, 6.45) is -6.72. The molecule has 9 atom stereocenters. The second-order valence-electron chi connectivity index (χ2n) is 16.7. The number of primary amides is 1. The quantitative estimate of drug-likeness (QED) is 0.0347. The first kappa shape index (κ1) is 59.1. The highest BCUT2D eigenvalue weighted by Gasteiger charge is 2.37. The molecule has 0 bridgehead atoms. The van der Waals surface area contributed by atoms with Crippen molar-refractivity contribution in [1.82, 2.24) is 37.2 Å². The highest BCUT2D eigenvalue weighted by atomic mass is 16.4. The monoisotopic (exact) mass is 999 g/mol. The zero-order valence-corrected chi connectivity index (χ0v) is 39.0. The molecule has 388 valence electrons. The summed E-state index contributed by atoms with van der Waals surface area (Å²) in [7, 11) is 0. The first-order chi connectivity index (χ1) is 33.3. The molecular weight excluding hydrogens is 939 g/mol. The van der Waals surface area contributed by atoms with Crippen LogP contribution in [0.3, 0.4) is 0 Å². The summed E-state index contributed by atoms with van der Waals surface area (Å²) >= 11 is 0. The third-order valence-electron chi connectivity index (χ3n) is 10.5. The Hall–Kier alpha value is -8.00. The summed E-state index contributed by atoms with van der Waals surface area (Å²) in [5.41, 5.74) is 12.1. The van der Waals surface area contributed by atoms with Crippen LogP contribution in [0.2, 0.25) is 0 Å². The molecule has 0 heterocycles. The van der Waals surface area contributed by atoms with E-state index in [-0.39, 0.29) is 19.3 Å². The van der Waals surface area contributed by atoms with E-state index in [1.807, 2.05) is 0 Å². The Bertz CT molecular complexity index is 2230. The number of nitrogens with two attached hydrogens (primary N) is 2. The molecule has 2 aromatic carbocycles. The minimum Gasteiger partial charge on any atom is -0.481 e. The van der Waals surface area contributed by atoms with Crippen molar-refractivity contribution in [3.63, 3.8) is 0 Å². The van der Waals surface area contributed by atoms with E-state index in [9.17, 15) is 78.0 Å². The lowest BCUT2D eigenvalue weighted by Crippen LogP contribution is -2.61. The van der Waals surface area contributed by atoms with E-state index in [0.29, 0.717) is 11.1 Å². The summed E-state index contributed by atoms with van der Waals surface area (Å²) in [6, 6.07) is 3.08. The highest BCUT2D eigenvalue weighted by molar-refractivity contribution is 5.98. The molecule has 26 nitrogen and oxygen atoms in total. The van der Waals surface area contributed by atoms with Gasteiger partial charge in [-0.05, 0) is 43.2 Å². The van der Waals surface area contributed by atoms with E-state index < -0.39 is 164 Å². The predicted octanol–water partition coefficient (Wildman–Crippen LogP) is -3.61. The maximum absolute atomic E-state index is 13.8. The van der Waals surface area contributed by atoms with Crippen LogP contribution in [0.1, 0.15) is 70.4 Å². The van der Waals surface area contributed by atoms with Crippen molar-refractivity contribution >= 4 is 71.1 Å². The third-order valence-corrected chi connectivity index (χ3v) is 10.5. The van der Waals surface area contributed by atoms with Crippen LogP contribution in [-0.2, 0) is 70.4 Å². The van der Waals surface area contributed by atoms with Crippen LogP contribution in [0, 0.1) is 5.92 Å². The van der Waals surface area contributed by atoms with E-state index in [0.717, 1.165) is 6.92 Å². The molecule has 0 spiro atoms. The van der Waals surface area contributed by atoms with Crippen molar-refractivity contribution in [3.8, 4) is 0 Å². The van der Waals surface area contributed by atoms with Gasteiger partial charge in [-0.15, -0.1) is 0 Å². The first-order valence-electron chi connectivity index (χ1n) is 22.1. The predicted molar refractivity (Wildman–Crippen MR) is 246 cm³/mol. The standard InChI is InChI=1S/C45H61N9O17/c1-22(2)36(54-39(64)26(46)14-16-33(56)57)43(68)51-29(20-32(47)55)42(67)50-28(18-24-10-6-4-7-11-24)37(62)44(69)52-30(21-35(60)61)41(66)48-23(3)38(63)49-27(15-17-34(58)59)40(65)53-31(45(70)71)19-25-12-8-5-9-13-25/h4-13,22-23,26-31,36-37,62H,14-21,46H2,1-3H3,(H2,47,55)(H,48,66)(H,49,63)(H,50,67)(H,51,68)(H,52,69)(H,53,65)(H,54,64)(H,56,57)(H,58,59)(H,60,61)(H,70,71)/t23-,26-,27-,28-,29-,30-,31-,36-,37+/m0/s1. The molecule has 0 fully saturated rings. The Kier molecular flexibility index (Phi) is 24.3. The zero-order chi connectivity index (χ0) is 53.5. The van der Waals surface area contributed by atoms with Crippen LogP contribution < -0.4 is 48.7 Å². The molecule has 0 aliphatic carbocycles. The number of carboxylic acids is 4. The number of nitrogens with one attached hydrogen (secondary N) is 7. The molecule has 0 aliphatic rings. The van der Waals surface area contributed by atoms with E-state index in [1.165, 1.54) is 13.8 Å². The van der Waals surface area contributed by atoms with Crippen molar-refractivity contribution in [2.45, 2.75) is 127 Å². The summed E-state index contributed by atoms with van der Waals surface area (Å²) < 4.78 is 0. The SMILES string of the molecule is CC(C)[C@H](NC(=O)[C@@H](N)CCC(=O)O)C(=O)N[C@@H](CC(N)=O)C(=O)N[C@@H](Cc1ccccc1)[C@@H](O)C(=O)N[C@@H](CC(=O)O)C(=O)N[C@@H](C)C(=O)N[C@@H](CCC(=O)O)C(=O)N[C@@H](Cc1ccccc1)C(=O)O. The van der Waals surface area contributed by atoms with E-state index in [4.69, 9.17) is 16.6 Å². The molecule has 2 rings (SSSR count). The minimum absolute atomic E-state index is 0.176. The van der Waals surface area contributed by atoms with Crippen molar-refractivity contribution in [3.05, 3.63) is 71.8 Å². The van der Waals surface area contributed by atoms with Crippen LogP contribution in [0.5, 0.6) is 0 Å². The van der Waals surface area contributed by atoms with Crippen LogP contribution >= 0.6 is 0 Å². The van der Waals surface area contributed by atoms with Crippen molar-refractivity contribution < 1.29 is 83.1 Å². The maximum Gasteiger partial charge on any atom is 0.326 e. The van der Waals surface area contributed by atoms with Gasteiger partial charge in [0.05, 0.1) is 24.9 Å². The number of aliphatic hydroxyl groups excluding tert-OH is 1. The summed E-state index contributed by atoms with van der Waals surface area (Å²) in [6.45, 7) is 4.12. The van der Waals surface area contributed by atoms with Gasteiger partial charge in [-0.1, -0.05) is 74.5 Å². The Labute approximate surface area is 406 Å². The topological polar surface area (TPSA) is 442 Å². The lowest BCUT2D eigenvalue weighted by molar-refractivity contribution is -0.143. The molecule has 0 radical (unpaired) electrons. The molecule has 0 unspecified atom stereocenters. The number of hydrogen-bond donors (Lipinski definition) is 14. The van der Waals surface area contributed by atoms with Gasteiger partial charge in [0.2, 0.25) is 41.4 Å². The fourth-order valence-corrected chi connectivity index (χ4v) is 6.63. The van der Waals surface area contributed by atoms with Gasteiger partial charge in [0.1, 0.15) is 36.3 Å². The molecule has 0 aliphatic heterocycles. The Balaban J connectivity index is 2.32. The van der Waals surface area contributed by atoms with Gasteiger partial charge in [-0.2, -0.15) is 0 Å². The Morgan fingerprint density at radius 1 is 0.493 bits per heavy atom. The van der Waals surface area contributed by atoms with Gasteiger partial charge in [-0.25, -0.2) is 4.79 Å². The Morgan fingerprint density at radius 3 is 1.46 bits per heavy atom. The van der Waals surface area contributed by atoms with Gasteiger partial charge >= 0.3 is 23.9 Å². The molecule has 8 amide bonds. The summed E-state index contributed by atoms with van der Waals surface area (Å²) in [4.78, 5) is 152. The van der Waals surface area contributed by atoms with Crippen molar-refractivity contribution in [1.29, 1.82) is 0 Å². The number of aliphatic hydroxyl groups is 1. The van der Waals surface area contributed by atoms with Crippen LogP contribution in [0.15, 0.2) is 60.7 Å². The fourth-order valence-electron chi connectivity index (χ4n) is 6.63. The number of aliphatic carboxylic acids is 4. The number of carbonyl (C=O) groups is 12. The maximum atomic E-state index is 13.8. The smallest absolute Gasteiger partial charge is 0.326 e. The van der Waals surface area contributed by atoms with E-state index >= 15 is 0 Å². The molecular formula is C45H61N9O17. The number of hydrogen-bond acceptors (Lipinski definition) is 14. The first-order valence-corrected chi connectivity index (χ1v) is 22.1. The number of rotatable bonds is 31. The third kappa shape index (κ3) is 21.5. The molecule has 2 aromatic rings. The number of carbonyl (C=O) groups excluding carboxylic acids is 8. The van der Waals surface area contributed by atoms with Crippen molar-refractivity contribution in [2.75, 3.05) is 0 Å². The second-order valence-corrected chi connectivity index (χ2v) is 16.7. The van der Waals surface area contributed by atoms with E-state index in [2.05, 4.69) is 37.2 Å². The van der Waals surface area contributed by atoms with E-state index in [1.54, 1.807) is 60.7 Å². The molecule has 71 heavy (non-hydrogen) atoms. The van der Waals surface area contributed by atoms with Crippen LogP contribution in [-0.4, -0.2) is 151 Å². The molecule has 16 N–H and O–H groups in total. The molecule has 0 saturated heterocycles. The average molecular weight is 1000 g/mol. The summed E-state index contributed by atoms with van der Waals surface area (Å²) in [5.74, 6) is -15.5. The van der Waals surface area contributed by atoms with Gasteiger partial charge in [0.25, 0.3) is 5.91 Å². The lowest BCUT2D eigenvalue weighted by atomic mass is 9.98. The lowest BCUT2D eigenvalue weighted by Gasteiger charge is -2.29. The molecule has 26 heteroatoms. The largest absolute Gasteiger partial charge is 0.481 e. The average Bonchev–Trinajstić information content (AvgIpc) is 3.29. The van der Waals surface area contributed by atoms with Crippen LogP contribution in [0.4, 0.5) is 0 Å². The number of amides is 8. The molecule has 0 saturated carbocycles. The normalized spacial score (nSPS) is 14.7. The van der Waals surface area contributed by atoms with Gasteiger partial charge in [0.15, 0.2) is 6.10 Å². The Morgan fingerprint density at radius 2 is 0.958 bits per heavy atom. The van der Waals surface area contributed by atoms with Crippen molar-refractivity contribution in [2.24, 2.45) is 17.4 Å². The minimum atomic E-state index is -2.31. The number of carboxylic acid groups (broad SMARTS) is 4. The van der Waals surface area contributed by atoms with Gasteiger partial charge in [0, 0.05) is 19.3 Å². The zero-order valence-electron chi connectivity index (χ0n) is 39.0. The van der Waals surface area contributed by atoms with Gasteiger partial charge in [-0.3, -0.25) is 52.7 Å². The van der Waals surface area contributed by atoms with Gasteiger partial charge < -0.3 is 74.2 Å². The second kappa shape index (κ2) is 29.1.